The number of rotatable bonds is 8. The molecular formula is C18H21N9O. The third-order valence-corrected chi connectivity index (χ3v) is 3.92. The molecule has 0 atom stereocenters. The average Bonchev–Trinajstić information content (AvgIpc) is 3.19. The van der Waals surface area contributed by atoms with Crippen molar-refractivity contribution in [1.82, 2.24) is 20.4 Å². The van der Waals surface area contributed by atoms with Gasteiger partial charge in [-0.1, -0.05) is 35.5 Å². The Kier molecular flexibility index (Phi) is 5.82. The highest BCUT2D eigenvalue weighted by Crippen LogP contribution is 2.24. The minimum Gasteiger partial charge on any atom is -0.395 e. The van der Waals surface area contributed by atoms with E-state index in [0.717, 1.165) is 5.56 Å². The second-order valence-electron chi connectivity index (χ2n) is 5.91. The molecular weight excluding hydrogens is 358 g/mol. The van der Waals surface area contributed by atoms with Gasteiger partial charge in [0.1, 0.15) is 5.82 Å². The van der Waals surface area contributed by atoms with Crippen molar-refractivity contribution in [2.45, 2.75) is 13.0 Å². The molecule has 144 valence electrons. The topological polar surface area (TPSA) is 178 Å². The number of nitrogens with two attached hydrogens (primary N) is 3. The Bertz CT molecular complexity index is 982. The van der Waals surface area contributed by atoms with Gasteiger partial charge in [-0.05, 0) is 17.2 Å². The third-order valence-electron chi connectivity index (χ3n) is 3.92. The average molecular weight is 379 g/mol. The van der Waals surface area contributed by atoms with Gasteiger partial charge in [0.15, 0.2) is 5.82 Å². The van der Waals surface area contributed by atoms with E-state index < -0.39 is 0 Å². The number of nitrogen functional groups attached to an aromatic ring is 3. The monoisotopic (exact) mass is 379 g/mol. The molecule has 0 saturated carbocycles. The highest BCUT2D eigenvalue weighted by Gasteiger charge is 2.10. The first-order valence-electron chi connectivity index (χ1n) is 8.43. The smallest absolute Gasteiger partial charge is 0.246 e. The number of benzene rings is 1. The van der Waals surface area contributed by atoms with E-state index in [2.05, 4.69) is 25.9 Å². The van der Waals surface area contributed by atoms with Gasteiger partial charge in [-0.3, -0.25) is 0 Å². The molecule has 0 amide bonds. The van der Waals surface area contributed by atoms with Crippen LogP contribution in [0.4, 0.5) is 17.3 Å². The second kappa shape index (κ2) is 8.64. The second-order valence-corrected chi connectivity index (χ2v) is 5.91. The van der Waals surface area contributed by atoms with Crippen molar-refractivity contribution < 1.29 is 4.52 Å². The number of hydrazine groups is 1. The van der Waals surface area contributed by atoms with Gasteiger partial charge >= 0.3 is 0 Å². The molecule has 0 bridgehead atoms. The van der Waals surface area contributed by atoms with Crippen LogP contribution >= 0.6 is 0 Å². The summed E-state index contributed by atoms with van der Waals surface area (Å²) in [4.78, 5) is 8.35. The van der Waals surface area contributed by atoms with E-state index >= 15 is 0 Å². The van der Waals surface area contributed by atoms with Crippen molar-refractivity contribution in [3.05, 3.63) is 59.6 Å². The summed E-state index contributed by atoms with van der Waals surface area (Å²) in [5.41, 5.74) is 16.8. The molecule has 0 saturated heterocycles. The molecule has 28 heavy (non-hydrogen) atoms. The van der Waals surface area contributed by atoms with Gasteiger partial charge < -0.3 is 32.1 Å². The fourth-order valence-corrected chi connectivity index (χ4v) is 2.55. The normalized spacial score (nSPS) is 11.2. The fraction of sp³-hybridized carbons (Fsp3) is 0.111. The molecule has 0 aliphatic rings. The number of nitrogens with zero attached hydrogens (tertiary/aromatic N) is 3. The van der Waals surface area contributed by atoms with Gasteiger partial charge in [-0.15, -0.1) is 0 Å². The summed E-state index contributed by atoms with van der Waals surface area (Å²) in [7, 11) is 0. The SMILES string of the molecule is N=C/C(=C\NCc1nc(-c2ccccc2)no1)Cc1cc(N)nc(NN)c1N. The van der Waals surface area contributed by atoms with E-state index in [1.807, 2.05) is 30.3 Å². The Morgan fingerprint density at radius 3 is 2.68 bits per heavy atom. The van der Waals surface area contributed by atoms with Crippen molar-refractivity contribution in [2.75, 3.05) is 16.9 Å². The van der Waals surface area contributed by atoms with Crippen molar-refractivity contribution in [3.8, 4) is 11.4 Å². The number of allylic oxidation sites excluding steroid dienone is 1. The van der Waals surface area contributed by atoms with Gasteiger partial charge in [0.25, 0.3) is 0 Å². The van der Waals surface area contributed by atoms with Gasteiger partial charge in [0.05, 0.1) is 12.2 Å². The lowest BCUT2D eigenvalue weighted by molar-refractivity contribution is 0.374. The number of anilines is 3. The minimum atomic E-state index is 0.286. The van der Waals surface area contributed by atoms with Crippen LogP contribution in [-0.2, 0) is 13.0 Å². The van der Waals surface area contributed by atoms with Crippen molar-refractivity contribution in [2.24, 2.45) is 5.84 Å². The Hall–Kier alpha value is -3.92. The molecule has 2 aromatic heterocycles. The van der Waals surface area contributed by atoms with Crippen molar-refractivity contribution in [3.63, 3.8) is 0 Å². The van der Waals surface area contributed by atoms with Crippen LogP contribution in [0.5, 0.6) is 0 Å². The molecule has 0 aliphatic heterocycles. The molecule has 3 rings (SSSR count). The van der Waals surface area contributed by atoms with Gasteiger partial charge in [-0.2, -0.15) is 4.98 Å². The molecule has 1 aromatic carbocycles. The summed E-state index contributed by atoms with van der Waals surface area (Å²) in [6.07, 6.45) is 3.29. The molecule has 9 N–H and O–H groups in total. The van der Waals surface area contributed by atoms with E-state index in [9.17, 15) is 0 Å². The largest absolute Gasteiger partial charge is 0.395 e. The maximum Gasteiger partial charge on any atom is 0.246 e. The quantitative estimate of drug-likeness (QED) is 0.192. The summed E-state index contributed by atoms with van der Waals surface area (Å²) >= 11 is 0. The number of pyridine rings is 1. The van der Waals surface area contributed by atoms with E-state index in [1.54, 1.807) is 12.3 Å². The molecule has 2 heterocycles. The predicted octanol–water partition coefficient (Wildman–Crippen LogP) is 1.45. The minimum absolute atomic E-state index is 0.286. The van der Waals surface area contributed by atoms with Crippen LogP contribution < -0.4 is 28.1 Å². The van der Waals surface area contributed by atoms with E-state index in [4.69, 9.17) is 27.2 Å². The zero-order valence-electron chi connectivity index (χ0n) is 15.0. The van der Waals surface area contributed by atoms with E-state index in [0.29, 0.717) is 47.3 Å². The zero-order valence-corrected chi connectivity index (χ0v) is 15.0. The molecule has 10 nitrogen and oxygen atoms in total. The number of hydrogen-bond donors (Lipinski definition) is 6. The molecule has 0 radical (unpaired) electrons. The van der Waals surface area contributed by atoms with Gasteiger partial charge in [0, 0.05) is 24.4 Å². The summed E-state index contributed by atoms with van der Waals surface area (Å²) in [6, 6.07) is 11.2. The molecule has 0 unspecified atom stereocenters. The van der Waals surface area contributed by atoms with Gasteiger partial charge in [0.2, 0.25) is 11.7 Å². The predicted molar refractivity (Wildman–Crippen MR) is 108 cm³/mol. The summed E-state index contributed by atoms with van der Waals surface area (Å²) < 4.78 is 5.24. The Morgan fingerprint density at radius 2 is 1.96 bits per heavy atom. The lowest BCUT2D eigenvalue weighted by atomic mass is 10.1. The Labute approximate surface area is 161 Å². The van der Waals surface area contributed by atoms with E-state index in [1.165, 1.54) is 6.21 Å². The zero-order chi connectivity index (χ0) is 19.9. The lowest BCUT2D eigenvalue weighted by Gasteiger charge is -2.11. The maximum atomic E-state index is 7.62. The van der Waals surface area contributed by atoms with Gasteiger partial charge in [-0.25, -0.2) is 10.8 Å². The first kappa shape index (κ1) is 18.9. The maximum absolute atomic E-state index is 7.62. The molecule has 0 fully saturated rings. The molecule has 0 aliphatic carbocycles. The standard InChI is InChI=1S/C18H21N9O/c19-8-11(6-13-7-14(20)24-18(26-22)16(13)21)9-23-10-15-25-17(27-28-15)12-4-2-1-3-5-12/h1-5,7-9,19,23H,6,10,21-22H2,(H3,20,24,26)/b11-9-,19-8?. The molecule has 10 heteroatoms. The molecule has 0 spiro atoms. The van der Waals surface area contributed by atoms with Crippen LogP contribution in [0.25, 0.3) is 11.4 Å². The van der Waals surface area contributed by atoms with Crippen molar-refractivity contribution >= 4 is 23.5 Å². The molecule has 3 aromatic rings. The first-order chi connectivity index (χ1) is 13.6. The highest BCUT2D eigenvalue weighted by atomic mass is 16.5. The number of hydrogen-bond acceptors (Lipinski definition) is 10. The number of aromatic nitrogens is 3. The summed E-state index contributed by atoms with van der Waals surface area (Å²) in [5.74, 6) is 6.94. The highest BCUT2D eigenvalue weighted by molar-refractivity contribution is 5.78. The van der Waals surface area contributed by atoms with Crippen LogP contribution in [0.15, 0.2) is 52.7 Å². The lowest BCUT2D eigenvalue weighted by Crippen LogP contribution is -2.14. The van der Waals surface area contributed by atoms with E-state index in [-0.39, 0.29) is 5.82 Å². The first-order valence-corrected chi connectivity index (χ1v) is 8.43. The van der Waals surface area contributed by atoms with Crippen LogP contribution in [-0.4, -0.2) is 21.3 Å². The summed E-state index contributed by atoms with van der Waals surface area (Å²) in [6.45, 7) is 0.320. The third kappa shape index (κ3) is 4.43. The summed E-state index contributed by atoms with van der Waals surface area (Å²) in [5, 5.41) is 14.6. The van der Waals surface area contributed by atoms with Crippen molar-refractivity contribution in [1.29, 1.82) is 5.41 Å². The Morgan fingerprint density at radius 1 is 1.18 bits per heavy atom. The Balaban J connectivity index is 1.66. The van der Waals surface area contributed by atoms with Crippen LogP contribution in [0.1, 0.15) is 11.5 Å². The van der Waals surface area contributed by atoms with Crippen LogP contribution in [0.3, 0.4) is 0 Å². The fourth-order valence-electron chi connectivity index (χ4n) is 2.55. The number of nitrogens with one attached hydrogen (secondary N) is 3. The van der Waals surface area contributed by atoms with Crippen LogP contribution in [0, 0.1) is 5.41 Å². The van der Waals surface area contributed by atoms with Crippen LogP contribution in [0.2, 0.25) is 0 Å².